The molecule has 1 atom stereocenters. The molecule has 28 heavy (non-hydrogen) atoms. The van der Waals surface area contributed by atoms with Crippen LogP contribution in [0.1, 0.15) is 36.2 Å². The second kappa shape index (κ2) is 8.94. The third-order valence-electron chi connectivity index (χ3n) is 4.28. The molecule has 0 bridgehead atoms. The van der Waals surface area contributed by atoms with Crippen molar-refractivity contribution in [3.63, 3.8) is 0 Å². The van der Waals surface area contributed by atoms with Crippen LogP contribution in [-0.4, -0.2) is 23.5 Å². The number of rotatable bonds is 7. The molecule has 0 fully saturated rings. The molecule has 0 saturated heterocycles. The van der Waals surface area contributed by atoms with Crippen molar-refractivity contribution in [2.45, 2.75) is 37.1 Å². The largest absolute Gasteiger partial charge is 0.497 e. The van der Waals surface area contributed by atoms with Crippen molar-refractivity contribution in [3.8, 4) is 5.75 Å². The number of carbonyl (C=O) groups is 1. The van der Waals surface area contributed by atoms with Crippen LogP contribution in [-0.2, 0) is 11.2 Å². The van der Waals surface area contributed by atoms with Gasteiger partial charge in [-0.25, -0.2) is 22.4 Å². The molecule has 2 aromatic carbocycles. The molecule has 0 spiro atoms. The SMILES string of the molecule is COc1ccc(CC[C@H](Br)C(C)(C)OC(=O)c2cc(F)c(F)c(F)c2F)cc1. The lowest BCUT2D eigenvalue weighted by atomic mass is 9.98. The van der Waals surface area contributed by atoms with Gasteiger partial charge in [0.25, 0.3) is 0 Å². The van der Waals surface area contributed by atoms with E-state index >= 15 is 0 Å². The summed E-state index contributed by atoms with van der Waals surface area (Å²) in [5, 5.41) is 0. The number of aryl methyl sites for hydroxylation is 1. The van der Waals surface area contributed by atoms with Gasteiger partial charge in [-0.3, -0.25) is 0 Å². The number of methoxy groups -OCH3 is 1. The molecule has 0 radical (unpaired) electrons. The molecule has 0 amide bonds. The van der Waals surface area contributed by atoms with Gasteiger partial charge in [0.05, 0.1) is 11.9 Å². The van der Waals surface area contributed by atoms with E-state index in [0.29, 0.717) is 12.8 Å². The van der Waals surface area contributed by atoms with Crippen LogP contribution in [0.15, 0.2) is 30.3 Å². The maximum absolute atomic E-state index is 13.8. The van der Waals surface area contributed by atoms with Crippen molar-refractivity contribution in [2.24, 2.45) is 0 Å². The van der Waals surface area contributed by atoms with Crippen molar-refractivity contribution in [2.75, 3.05) is 7.11 Å². The highest BCUT2D eigenvalue weighted by Crippen LogP contribution is 2.29. The second-order valence-electron chi connectivity index (χ2n) is 6.70. The molecule has 0 aliphatic rings. The van der Waals surface area contributed by atoms with Gasteiger partial charge in [0.15, 0.2) is 23.3 Å². The molecular formula is C20H19BrF4O3. The van der Waals surface area contributed by atoms with Gasteiger partial charge in [-0.05, 0) is 50.5 Å². The maximum atomic E-state index is 13.8. The van der Waals surface area contributed by atoms with E-state index < -0.39 is 40.4 Å². The Balaban J connectivity index is 2.06. The Kier molecular flexibility index (Phi) is 7.09. The minimum atomic E-state index is -2.06. The van der Waals surface area contributed by atoms with E-state index in [1.165, 1.54) is 0 Å². The maximum Gasteiger partial charge on any atom is 0.341 e. The van der Waals surface area contributed by atoms with Gasteiger partial charge < -0.3 is 9.47 Å². The summed E-state index contributed by atoms with van der Waals surface area (Å²) in [6.07, 6.45) is 1.20. The number of alkyl halides is 1. The highest BCUT2D eigenvalue weighted by atomic mass is 79.9. The zero-order chi connectivity index (χ0) is 21.1. The molecule has 152 valence electrons. The summed E-state index contributed by atoms with van der Waals surface area (Å²) in [5.74, 6) is -8.04. The number of hydrogen-bond acceptors (Lipinski definition) is 3. The van der Waals surface area contributed by atoms with Gasteiger partial charge in [0.2, 0.25) is 0 Å². The number of carbonyl (C=O) groups excluding carboxylic acids is 1. The van der Waals surface area contributed by atoms with Gasteiger partial charge in [-0.2, -0.15) is 0 Å². The molecule has 0 heterocycles. The number of esters is 1. The number of hydrogen-bond donors (Lipinski definition) is 0. The van der Waals surface area contributed by atoms with Crippen LogP contribution in [0.3, 0.4) is 0 Å². The van der Waals surface area contributed by atoms with E-state index in [9.17, 15) is 22.4 Å². The molecular weight excluding hydrogens is 444 g/mol. The summed E-state index contributed by atoms with van der Waals surface area (Å²) in [4.78, 5) is 11.9. The molecule has 0 aliphatic heterocycles. The van der Waals surface area contributed by atoms with Crippen molar-refractivity contribution < 1.29 is 31.8 Å². The second-order valence-corrected chi connectivity index (χ2v) is 7.80. The third-order valence-corrected chi connectivity index (χ3v) is 5.84. The zero-order valence-corrected chi connectivity index (χ0v) is 17.1. The number of benzene rings is 2. The lowest BCUT2D eigenvalue weighted by molar-refractivity contribution is -0.00233. The van der Waals surface area contributed by atoms with Crippen LogP contribution in [0, 0.1) is 23.3 Å². The Hall–Kier alpha value is -2.09. The number of halogens is 5. The first kappa shape index (κ1) is 22.2. The first-order chi connectivity index (χ1) is 13.1. The van der Waals surface area contributed by atoms with Crippen LogP contribution in [0.25, 0.3) is 0 Å². The topological polar surface area (TPSA) is 35.5 Å². The Morgan fingerprint density at radius 3 is 2.25 bits per heavy atom. The van der Waals surface area contributed by atoms with E-state index in [0.717, 1.165) is 11.3 Å². The normalized spacial score (nSPS) is 12.6. The minimum Gasteiger partial charge on any atom is -0.497 e. The predicted octanol–water partition coefficient (Wildman–Crippen LogP) is 5.58. The fourth-order valence-electron chi connectivity index (χ4n) is 2.51. The van der Waals surface area contributed by atoms with E-state index in [4.69, 9.17) is 9.47 Å². The Labute approximate surface area is 168 Å². The van der Waals surface area contributed by atoms with Crippen molar-refractivity contribution in [1.29, 1.82) is 0 Å². The highest BCUT2D eigenvalue weighted by Gasteiger charge is 2.34. The monoisotopic (exact) mass is 462 g/mol. The minimum absolute atomic E-state index is 0.284. The van der Waals surface area contributed by atoms with Crippen LogP contribution < -0.4 is 4.74 Å². The number of ether oxygens (including phenoxy) is 2. The van der Waals surface area contributed by atoms with E-state index in [2.05, 4.69) is 15.9 Å². The summed E-state index contributed by atoms with van der Waals surface area (Å²) in [7, 11) is 1.57. The summed E-state index contributed by atoms with van der Waals surface area (Å²) < 4.78 is 63.9. The molecule has 8 heteroatoms. The van der Waals surface area contributed by atoms with Crippen LogP contribution in [0.2, 0.25) is 0 Å². The third kappa shape index (κ3) is 5.04. The van der Waals surface area contributed by atoms with Gasteiger partial charge >= 0.3 is 5.97 Å². The average molecular weight is 463 g/mol. The van der Waals surface area contributed by atoms with E-state index in [1.807, 2.05) is 24.3 Å². The first-order valence-electron chi connectivity index (χ1n) is 8.40. The predicted molar refractivity (Wildman–Crippen MR) is 99.8 cm³/mol. The van der Waals surface area contributed by atoms with Crippen molar-refractivity contribution in [1.82, 2.24) is 0 Å². The Bertz CT molecular complexity index is 854. The average Bonchev–Trinajstić information content (AvgIpc) is 2.67. The lowest BCUT2D eigenvalue weighted by Gasteiger charge is -2.30. The van der Waals surface area contributed by atoms with Crippen molar-refractivity contribution >= 4 is 21.9 Å². The summed E-state index contributed by atoms with van der Waals surface area (Å²) in [6.45, 7) is 3.15. The Morgan fingerprint density at radius 1 is 1.07 bits per heavy atom. The van der Waals surface area contributed by atoms with Gasteiger partial charge in [0.1, 0.15) is 16.9 Å². The quantitative estimate of drug-likeness (QED) is 0.177. The molecule has 3 nitrogen and oxygen atoms in total. The molecule has 0 saturated carbocycles. The summed E-state index contributed by atoms with van der Waals surface area (Å²) >= 11 is 3.44. The smallest absolute Gasteiger partial charge is 0.341 e. The molecule has 0 aromatic heterocycles. The molecule has 0 N–H and O–H groups in total. The standard InChI is InChI=1S/C20H19BrF4O3/c1-20(2,15(21)9-6-11-4-7-12(27-3)8-5-11)28-19(26)13-10-14(22)17(24)18(25)16(13)23/h4-5,7-8,10,15H,6,9H2,1-3H3/t15-/m0/s1. The van der Waals surface area contributed by atoms with Gasteiger partial charge in [-0.15, -0.1) is 0 Å². The van der Waals surface area contributed by atoms with E-state index in [-0.39, 0.29) is 10.9 Å². The fraction of sp³-hybridized carbons (Fsp3) is 0.350. The first-order valence-corrected chi connectivity index (χ1v) is 9.31. The van der Waals surface area contributed by atoms with Crippen molar-refractivity contribution in [3.05, 3.63) is 64.7 Å². The van der Waals surface area contributed by atoms with E-state index in [1.54, 1.807) is 21.0 Å². The molecule has 2 aromatic rings. The molecule has 2 rings (SSSR count). The zero-order valence-electron chi connectivity index (χ0n) is 15.5. The lowest BCUT2D eigenvalue weighted by Crippen LogP contribution is -2.38. The van der Waals surface area contributed by atoms with Crippen LogP contribution >= 0.6 is 15.9 Å². The van der Waals surface area contributed by atoms with Gasteiger partial charge in [-0.1, -0.05) is 28.1 Å². The fourth-order valence-corrected chi connectivity index (χ4v) is 2.83. The Morgan fingerprint density at radius 2 is 1.68 bits per heavy atom. The summed E-state index contributed by atoms with van der Waals surface area (Å²) in [5.41, 5.74) is -1.10. The van der Waals surface area contributed by atoms with Crippen LogP contribution in [0.4, 0.5) is 17.6 Å². The molecule has 0 aliphatic carbocycles. The van der Waals surface area contributed by atoms with Gasteiger partial charge in [0, 0.05) is 0 Å². The summed E-state index contributed by atoms with van der Waals surface area (Å²) in [6, 6.07) is 7.73. The molecule has 0 unspecified atom stereocenters. The highest BCUT2D eigenvalue weighted by molar-refractivity contribution is 9.09. The van der Waals surface area contributed by atoms with Crippen LogP contribution in [0.5, 0.6) is 5.75 Å².